The first-order valence-electron chi connectivity index (χ1n) is 5.86. The van der Waals surface area contributed by atoms with Crippen LogP contribution in [0.4, 0.5) is 0 Å². The predicted octanol–water partition coefficient (Wildman–Crippen LogP) is 2.34. The molecule has 0 aliphatic rings. The molecule has 0 saturated carbocycles. The van der Waals surface area contributed by atoms with Gasteiger partial charge >= 0.3 is 0 Å². The van der Waals surface area contributed by atoms with Gasteiger partial charge in [-0.05, 0) is 18.9 Å². The molecule has 0 spiro atoms. The third kappa shape index (κ3) is 4.98. The van der Waals surface area contributed by atoms with Gasteiger partial charge in [0.05, 0.1) is 12.0 Å². The minimum Gasteiger partial charge on any atom is -0.337 e. The molecule has 0 fully saturated rings. The van der Waals surface area contributed by atoms with Crippen molar-refractivity contribution in [2.45, 2.75) is 39.7 Å². The van der Waals surface area contributed by atoms with Crippen LogP contribution in [0.2, 0.25) is 0 Å². The second-order valence-electron chi connectivity index (χ2n) is 4.56. The molecule has 15 heavy (non-hydrogen) atoms. The van der Waals surface area contributed by atoms with Crippen molar-refractivity contribution in [2.24, 2.45) is 13.0 Å². The summed E-state index contributed by atoms with van der Waals surface area (Å²) in [4.78, 5) is 4.08. The summed E-state index contributed by atoms with van der Waals surface area (Å²) in [5, 5.41) is 3.44. The quantitative estimate of drug-likeness (QED) is 0.699. The average Bonchev–Trinajstić information content (AvgIpc) is 2.57. The van der Waals surface area contributed by atoms with Crippen LogP contribution in [-0.2, 0) is 13.6 Å². The number of nitrogens with one attached hydrogen (secondary N) is 1. The SMILES string of the molecule is CC(C)CCCCNCc1cncn1C. The van der Waals surface area contributed by atoms with Gasteiger partial charge < -0.3 is 9.88 Å². The summed E-state index contributed by atoms with van der Waals surface area (Å²) >= 11 is 0. The van der Waals surface area contributed by atoms with Crippen LogP contribution in [0, 0.1) is 5.92 Å². The highest BCUT2D eigenvalue weighted by molar-refractivity contribution is 4.96. The molecule has 0 amide bonds. The number of hydrogen-bond donors (Lipinski definition) is 1. The summed E-state index contributed by atoms with van der Waals surface area (Å²) in [6, 6.07) is 0. The third-order valence-corrected chi connectivity index (χ3v) is 2.61. The molecule has 3 nitrogen and oxygen atoms in total. The Balaban J connectivity index is 2.00. The second kappa shape index (κ2) is 6.62. The maximum atomic E-state index is 4.08. The molecule has 0 aliphatic heterocycles. The molecule has 0 bridgehead atoms. The van der Waals surface area contributed by atoms with Crippen LogP contribution in [0.25, 0.3) is 0 Å². The molecule has 1 aromatic heterocycles. The van der Waals surface area contributed by atoms with Crippen molar-refractivity contribution in [3.63, 3.8) is 0 Å². The summed E-state index contributed by atoms with van der Waals surface area (Å²) in [7, 11) is 2.03. The zero-order chi connectivity index (χ0) is 11.1. The number of hydrogen-bond acceptors (Lipinski definition) is 2. The van der Waals surface area contributed by atoms with E-state index in [1.54, 1.807) is 0 Å². The Labute approximate surface area is 92.9 Å². The summed E-state index contributed by atoms with van der Waals surface area (Å²) in [6.45, 7) is 6.60. The van der Waals surface area contributed by atoms with Crippen molar-refractivity contribution in [3.05, 3.63) is 18.2 Å². The van der Waals surface area contributed by atoms with E-state index in [9.17, 15) is 0 Å². The normalized spacial score (nSPS) is 11.2. The number of unbranched alkanes of at least 4 members (excludes halogenated alkanes) is 1. The summed E-state index contributed by atoms with van der Waals surface area (Å²) in [5.41, 5.74) is 1.25. The van der Waals surface area contributed by atoms with Crippen molar-refractivity contribution in [1.29, 1.82) is 0 Å². The fourth-order valence-electron chi connectivity index (χ4n) is 1.57. The maximum absolute atomic E-state index is 4.08. The van der Waals surface area contributed by atoms with Gasteiger partial charge in [-0.25, -0.2) is 4.98 Å². The average molecular weight is 209 g/mol. The molecule has 1 heterocycles. The Morgan fingerprint density at radius 3 is 2.80 bits per heavy atom. The summed E-state index contributed by atoms with van der Waals surface area (Å²) in [6.07, 6.45) is 7.70. The molecule has 0 aliphatic carbocycles. The van der Waals surface area contributed by atoms with Gasteiger partial charge in [-0.3, -0.25) is 0 Å². The van der Waals surface area contributed by atoms with Crippen LogP contribution in [-0.4, -0.2) is 16.1 Å². The van der Waals surface area contributed by atoms with Gasteiger partial charge in [0.25, 0.3) is 0 Å². The lowest BCUT2D eigenvalue weighted by Crippen LogP contribution is -2.16. The van der Waals surface area contributed by atoms with Crippen molar-refractivity contribution < 1.29 is 0 Å². The number of aromatic nitrogens is 2. The zero-order valence-corrected chi connectivity index (χ0v) is 10.2. The van der Waals surface area contributed by atoms with E-state index in [-0.39, 0.29) is 0 Å². The van der Waals surface area contributed by atoms with E-state index < -0.39 is 0 Å². The highest BCUT2D eigenvalue weighted by Crippen LogP contribution is 2.05. The summed E-state index contributed by atoms with van der Waals surface area (Å²) < 4.78 is 2.06. The van der Waals surface area contributed by atoms with Crippen LogP contribution >= 0.6 is 0 Å². The Morgan fingerprint density at radius 2 is 2.20 bits per heavy atom. The van der Waals surface area contributed by atoms with Gasteiger partial charge in [-0.15, -0.1) is 0 Å². The molecular weight excluding hydrogens is 186 g/mol. The van der Waals surface area contributed by atoms with Crippen molar-refractivity contribution >= 4 is 0 Å². The van der Waals surface area contributed by atoms with Gasteiger partial charge in [-0.2, -0.15) is 0 Å². The molecule has 1 aromatic rings. The van der Waals surface area contributed by atoms with E-state index in [0.717, 1.165) is 19.0 Å². The van der Waals surface area contributed by atoms with Crippen molar-refractivity contribution in [2.75, 3.05) is 6.54 Å². The highest BCUT2D eigenvalue weighted by Gasteiger charge is 1.97. The topological polar surface area (TPSA) is 29.9 Å². The van der Waals surface area contributed by atoms with E-state index >= 15 is 0 Å². The molecule has 0 saturated heterocycles. The van der Waals surface area contributed by atoms with Gasteiger partial charge in [0, 0.05) is 19.8 Å². The molecule has 0 radical (unpaired) electrons. The van der Waals surface area contributed by atoms with E-state index in [1.807, 2.05) is 19.6 Å². The first kappa shape index (κ1) is 12.2. The minimum absolute atomic E-state index is 0.835. The lowest BCUT2D eigenvalue weighted by atomic mass is 10.1. The molecule has 1 rings (SSSR count). The number of imidazole rings is 1. The van der Waals surface area contributed by atoms with Gasteiger partial charge in [0.1, 0.15) is 0 Å². The largest absolute Gasteiger partial charge is 0.337 e. The molecule has 0 aromatic carbocycles. The fourth-order valence-corrected chi connectivity index (χ4v) is 1.57. The van der Waals surface area contributed by atoms with E-state index in [0.29, 0.717) is 0 Å². The van der Waals surface area contributed by atoms with Gasteiger partial charge in [0.2, 0.25) is 0 Å². The summed E-state index contributed by atoms with van der Waals surface area (Å²) in [5.74, 6) is 0.835. The van der Waals surface area contributed by atoms with E-state index in [4.69, 9.17) is 0 Å². The Bertz CT molecular complexity index is 266. The molecular formula is C12H23N3. The minimum atomic E-state index is 0.835. The van der Waals surface area contributed by atoms with Gasteiger partial charge in [0.15, 0.2) is 0 Å². The smallest absolute Gasteiger partial charge is 0.0945 e. The predicted molar refractivity (Wildman–Crippen MR) is 63.6 cm³/mol. The van der Waals surface area contributed by atoms with Crippen molar-refractivity contribution in [3.8, 4) is 0 Å². The van der Waals surface area contributed by atoms with Crippen LogP contribution in [0.3, 0.4) is 0 Å². The standard InChI is InChI=1S/C12H23N3/c1-11(2)6-4-5-7-13-8-12-9-14-10-15(12)3/h9-11,13H,4-8H2,1-3H3. The fraction of sp³-hybridized carbons (Fsp3) is 0.750. The zero-order valence-electron chi connectivity index (χ0n) is 10.2. The maximum Gasteiger partial charge on any atom is 0.0945 e. The van der Waals surface area contributed by atoms with E-state index in [2.05, 4.69) is 28.7 Å². The second-order valence-corrected chi connectivity index (χ2v) is 4.56. The van der Waals surface area contributed by atoms with Gasteiger partial charge in [-0.1, -0.05) is 26.7 Å². The lowest BCUT2D eigenvalue weighted by molar-refractivity contribution is 0.518. The Kier molecular flexibility index (Phi) is 5.40. The van der Waals surface area contributed by atoms with Crippen LogP contribution in [0.15, 0.2) is 12.5 Å². The Hall–Kier alpha value is -0.830. The number of nitrogens with zero attached hydrogens (tertiary/aromatic N) is 2. The third-order valence-electron chi connectivity index (χ3n) is 2.61. The van der Waals surface area contributed by atoms with Crippen LogP contribution < -0.4 is 5.32 Å². The molecule has 3 heteroatoms. The van der Waals surface area contributed by atoms with Crippen molar-refractivity contribution in [1.82, 2.24) is 14.9 Å². The molecule has 0 unspecified atom stereocenters. The molecule has 0 atom stereocenters. The number of aryl methyl sites for hydroxylation is 1. The monoisotopic (exact) mass is 209 g/mol. The molecule has 1 N–H and O–H groups in total. The van der Waals surface area contributed by atoms with E-state index in [1.165, 1.54) is 25.0 Å². The van der Waals surface area contributed by atoms with Crippen LogP contribution in [0.5, 0.6) is 0 Å². The highest BCUT2D eigenvalue weighted by atomic mass is 15.0. The molecule has 86 valence electrons. The Morgan fingerprint density at radius 1 is 1.40 bits per heavy atom. The lowest BCUT2D eigenvalue weighted by Gasteiger charge is -2.06. The van der Waals surface area contributed by atoms with Crippen LogP contribution in [0.1, 0.15) is 38.8 Å². The number of rotatable bonds is 7. The first-order valence-corrected chi connectivity index (χ1v) is 5.86. The first-order chi connectivity index (χ1) is 7.20.